The van der Waals surface area contributed by atoms with E-state index in [1.54, 1.807) is 6.07 Å². The Morgan fingerprint density at radius 2 is 2.22 bits per heavy atom. The molecule has 2 aromatic rings. The molecule has 1 saturated heterocycles. The highest BCUT2D eigenvalue weighted by molar-refractivity contribution is 6.04. The number of benzene rings is 1. The van der Waals surface area contributed by atoms with E-state index in [1.165, 1.54) is 6.42 Å². The summed E-state index contributed by atoms with van der Waals surface area (Å²) in [7, 11) is 0. The monoisotopic (exact) mass is 315 g/mol. The van der Waals surface area contributed by atoms with Gasteiger partial charge in [0.25, 0.3) is 5.91 Å². The van der Waals surface area contributed by atoms with Gasteiger partial charge in [0, 0.05) is 13.1 Å². The highest BCUT2D eigenvalue weighted by atomic mass is 16.1. The van der Waals surface area contributed by atoms with Crippen molar-refractivity contribution in [3.05, 3.63) is 29.6 Å². The average Bonchev–Trinajstić information content (AvgIpc) is 3.12. The fourth-order valence-corrected chi connectivity index (χ4v) is 3.66. The number of fused-ring (bicyclic) bond motifs is 1. The van der Waals surface area contributed by atoms with Crippen LogP contribution in [0.2, 0.25) is 0 Å². The predicted octanol–water partition coefficient (Wildman–Crippen LogP) is 1.64. The molecule has 3 rings (SSSR count). The summed E-state index contributed by atoms with van der Waals surface area (Å²) in [6, 6.07) is 5.90. The van der Waals surface area contributed by atoms with Gasteiger partial charge in [-0.15, -0.1) is 0 Å². The van der Waals surface area contributed by atoms with Crippen molar-refractivity contribution in [3.63, 3.8) is 0 Å². The van der Waals surface area contributed by atoms with Gasteiger partial charge in [0.15, 0.2) is 0 Å². The van der Waals surface area contributed by atoms with Crippen LogP contribution in [0.4, 0.5) is 0 Å². The second kappa shape index (κ2) is 6.68. The molecular weight excluding hydrogens is 290 g/mol. The normalized spacial score (nSPS) is 18.8. The number of hydrogen-bond donors (Lipinski definition) is 2. The summed E-state index contributed by atoms with van der Waals surface area (Å²) in [5.41, 5.74) is 13.5. The van der Waals surface area contributed by atoms with Crippen molar-refractivity contribution >= 4 is 16.9 Å². The highest BCUT2D eigenvalue weighted by Crippen LogP contribution is 2.34. The molecule has 2 heterocycles. The largest absolute Gasteiger partial charge is 0.366 e. The Hall–Kier alpha value is -1.92. The van der Waals surface area contributed by atoms with Crippen LogP contribution < -0.4 is 11.5 Å². The lowest BCUT2D eigenvalue weighted by Gasteiger charge is -2.24. The minimum atomic E-state index is -0.434. The molecule has 1 aromatic heterocycles. The summed E-state index contributed by atoms with van der Waals surface area (Å²) in [5.74, 6) is 0.585. The summed E-state index contributed by atoms with van der Waals surface area (Å²) in [4.78, 5) is 19.0. The quantitative estimate of drug-likeness (QED) is 0.848. The number of aromatic nitrogens is 2. The van der Waals surface area contributed by atoms with Crippen LogP contribution in [0, 0.1) is 0 Å². The van der Waals surface area contributed by atoms with Crippen molar-refractivity contribution in [1.29, 1.82) is 0 Å². The van der Waals surface area contributed by atoms with E-state index in [2.05, 4.69) is 16.4 Å². The number of nitrogens with two attached hydrogens (primary N) is 2. The minimum absolute atomic E-state index is 0.301. The first-order valence-electron chi connectivity index (χ1n) is 8.40. The van der Waals surface area contributed by atoms with Crippen LogP contribution in [0.1, 0.15) is 48.4 Å². The van der Waals surface area contributed by atoms with E-state index >= 15 is 0 Å². The smallest absolute Gasteiger partial charge is 0.250 e. The first-order chi connectivity index (χ1) is 11.2. The predicted molar refractivity (Wildman–Crippen MR) is 91.1 cm³/mol. The Morgan fingerprint density at radius 1 is 1.39 bits per heavy atom. The average molecular weight is 315 g/mol. The van der Waals surface area contributed by atoms with Crippen molar-refractivity contribution < 1.29 is 4.79 Å². The number of hydrogen-bond acceptors (Lipinski definition) is 4. The second-order valence-electron chi connectivity index (χ2n) is 6.14. The molecule has 0 saturated carbocycles. The van der Waals surface area contributed by atoms with Gasteiger partial charge in [-0.05, 0) is 44.5 Å². The Morgan fingerprint density at radius 3 is 2.91 bits per heavy atom. The molecule has 1 aromatic carbocycles. The van der Waals surface area contributed by atoms with Gasteiger partial charge >= 0.3 is 0 Å². The van der Waals surface area contributed by atoms with E-state index in [1.807, 2.05) is 12.1 Å². The maximum atomic E-state index is 11.7. The zero-order valence-corrected chi connectivity index (χ0v) is 13.7. The van der Waals surface area contributed by atoms with Crippen LogP contribution in [-0.4, -0.2) is 40.0 Å². The lowest BCUT2D eigenvalue weighted by molar-refractivity contribution is 0.100. The van der Waals surface area contributed by atoms with E-state index in [-0.39, 0.29) is 0 Å². The molecule has 1 atom stereocenters. The van der Waals surface area contributed by atoms with Crippen molar-refractivity contribution in [1.82, 2.24) is 14.5 Å². The standard InChI is InChI=1S/C17H25N5O/c1-2-9-21-10-4-7-14(21)17-20-15-12(16(19)23)5-3-6-13(15)22(17)11-8-18/h3,5-6,14H,2,4,7-11,18H2,1H3,(H2,19,23). The van der Waals surface area contributed by atoms with Crippen molar-refractivity contribution in [2.75, 3.05) is 19.6 Å². The number of amides is 1. The molecule has 6 nitrogen and oxygen atoms in total. The summed E-state index contributed by atoms with van der Waals surface area (Å²) in [6.07, 6.45) is 3.40. The van der Waals surface area contributed by atoms with E-state index in [4.69, 9.17) is 16.5 Å². The molecule has 124 valence electrons. The molecular formula is C17H25N5O. The van der Waals surface area contributed by atoms with Gasteiger partial charge in [0.2, 0.25) is 0 Å². The Labute approximate surface area is 136 Å². The fraction of sp³-hybridized carbons (Fsp3) is 0.529. The van der Waals surface area contributed by atoms with Crippen LogP contribution in [-0.2, 0) is 6.54 Å². The fourth-order valence-electron chi connectivity index (χ4n) is 3.66. The summed E-state index contributed by atoms with van der Waals surface area (Å²) in [6.45, 7) is 5.61. The van der Waals surface area contributed by atoms with Crippen molar-refractivity contribution in [3.8, 4) is 0 Å². The van der Waals surface area contributed by atoms with Crippen LogP contribution in [0.25, 0.3) is 11.0 Å². The zero-order valence-electron chi connectivity index (χ0n) is 13.7. The molecule has 1 aliphatic rings. The molecule has 1 aliphatic heterocycles. The van der Waals surface area contributed by atoms with Crippen LogP contribution in [0.3, 0.4) is 0 Å². The number of primary amides is 1. The third-order valence-corrected chi connectivity index (χ3v) is 4.60. The first-order valence-corrected chi connectivity index (χ1v) is 8.40. The second-order valence-corrected chi connectivity index (χ2v) is 6.14. The molecule has 1 amide bonds. The molecule has 6 heteroatoms. The highest BCUT2D eigenvalue weighted by Gasteiger charge is 2.30. The summed E-state index contributed by atoms with van der Waals surface area (Å²) in [5, 5.41) is 0. The van der Waals surface area contributed by atoms with Gasteiger partial charge in [-0.1, -0.05) is 13.0 Å². The number of rotatable bonds is 6. The topological polar surface area (TPSA) is 90.2 Å². The number of para-hydroxylation sites is 1. The molecule has 4 N–H and O–H groups in total. The first kappa shape index (κ1) is 16.0. The minimum Gasteiger partial charge on any atom is -0.366 e. The van der Waals surface area contributed by atoms with Gasteiger partial charge in [-0.2, -0.15) is 0 Å². The Kier molecular flexibility index (Phi) is 4.63. The third-order valence-electron chi connectivity index (χ3n) is 4.60. The summed E-state index contributed by atoms with van der Waals surface area (Å²) >= 11 is 0. The van der Waals surface area contributed by atoms with Gasteiger partial charge < -0.3 is 16.0 Å². The molecule has 0 bridgehead atoms. The van der Waals surface area contributed by atoms with Gasteiger partial charge in [-0.25, -0.2) is 4.98 Å². The molecule has 0 spiro atoms. The molecule has 1 fully saturated rings. The Bertz CT molecular complexity index is 708. The van der Waals surface area contributed by atoms with Gasteiger partial charge in [0.05, 0.1) is 17.1 Å². The number of carbonyl (C=O) groups excluding carboxylic acids is 1. The Balaban J connectivity index is 2.13. The summed E-state index contributed by atoms with van der Waals surface area (Å²) < 4.78 is 2.17. The molecule has 23 heavy (non-hydrogen) atoms. The number of carbonyl (C=O) groups is 1. The maximum Gasteiger partial charge on any atom is 0.250 e. The van der Waals surface area contributed by atoms with Gasteiger partial charge in [0.1, 0.15) is 11.3 Å². The maximum absolute atomic E-state index is 11.7. The lowest BCUT2D eigenvalue weighted by Crippen LogP contribution is -2.27. The van der Waals surface area contributed by atoms with Crippen LogP contribution in [0.15, 0.2) is 18.2 Å². The number of likely N-dealkylation sites (tertiary alicyclic amines) is 1. The van der Waals surface area contributed by atoms with E-state index in [9.17, 15) is 4.79 Å². The molecule has 1 unspecified atom stereocenters. The van der Waals surface area contributed by atoms with E-state index in [0.717, 1.165) is 37.3 Å². The van der Waals surface area contributed by atoms with E-state index in [0.29, 0.717) is 30.2 Å². The van der Waals surface area contributed by atoms with Crippen LogP contribution in [0.5, 0.6) is 0 Å². The third kappa shape index (κ3) is 2.84. The van der Waals surface area contributed by atoms with Gasteiger partial charge in [-0.3, -0.25) is 9.69 Å². The lowest BCUT2D eigenvalue weighted by atomic mass is 10.2. The number of imidazole rings is 1. The zero-order chi connectivity index (χ0) is 16.4. The molecule has 0 aliphatic carbocycles. The van der Waals surface area contributed by atoms with Crippen LogP contribution >= 0.6 is 0 Å². The number of nitrogens with zero attached hydrogens (tertiary/aromatic N) is 3. The molecule has 0 radical (unpaired) electrons. The van der Waals surface area contributed by atoms with Crippen molar-refractivity contribution in [2.45, 2.75) is 38.8 Å². The van der Waals surface area contributed by atoms with Crippen molar-refractivity contribution in [2.24, 2.45) is 11.5 Å². The van der Waals surface area contributed by atoms with E-state index < -0.39 is 5.91 Å². The SMILES string of the molecule is CCCN1CCCC1c1nc2c(C(N)=O)cccc2n1CCN.